The molecule has 0 aromatic heterocycles. The van der Waals surface area contributed by atoms with Gasteiger partial charge in [0.2, 0.25) is 0 Å². The van der Waals surface area contributed by atoms with Crippen molar-refractivity contribution in [1.29, 1.82) is 0 Å². The molecule has 1 N–H and O–H groups in total. The maximum absolute atomic E-state index is 12.7. The highest BCUT2D eigenvalue weighted by Gasteiger charge is 2.66. The van der Waals surface area contributed by atoms with E-state index in [1.807, 2.05) is 0 Å². The fraction of sp³-hybridized carbons (Fsp3) is 0.767. The van der Waals surface area contributed by atoms with Crippen molar-refractivity contribution in [1.82, 2.24) is 0 Å². The molecule has 2 fully saturated rings. The van der Waals surface area contributed by atoms with Crippen LogP contribution in [-0.4, -0.2) is 11.1 Å². The predicted molar refractivity (Wildman–Crippen MR) is 131 cm³/mol. The zero-order chi connectivity index (χ0) is 23.4. The highest BCUT2D eigenvalue weighted by atomic mass is 16.4. The predicted octanol–water partition coefficient (Wildman–Crippen LogP) is 7.96. The maximum atomic E-state index is 12.7. The molecule has 5 rings (SSSR count). The molecule has 0 saturated heterocycles. The molecule has 0 aliphatic heterocycles. The van der Waals surface area contributed by atoms with E-state index in [4.69, 9.17) is 0 Å². The monoisotopic (exact) mass is 436 g/mol. The Morgan fingerprint density at radius 3 is 2.34 bits per heavy atom. The summed E-state index contributed by atoms with van der Waals surface area (Å²) in [6.45, 7) is 17.2. The quantitative estimate of drug-likeness (QED) is 0.423. The average molecular weight is 437 g/mol. The first-order chi connectivity index (χ1) is 14.7. The third-order valence-electron chi connectivity index (χ3n) is 11.7. The van der Waals surface area contributed by atoms with E-state index in [9.17, 15) is 9.90 Å². The van der Waals surface area contributed by atoms with Crippen molar-refractivity contribution < 1.29 is 9.90 Å². The first-order valence-electron chi connectivity index (χ1n) is 13.1. The van der Waals surface area contributed by atoms with Gasteiger partial charge in [0, 0.05) is 0 Å². The van der Waals surface area contributed by atoms with Crippen LogP contribution in [0.4, 0.5) is 0 Å². The van der Waals surface area contributed by atoms with Crippen molar-refractivity contribution in [3.63, 3.8) is 0 Å². The minimum absolute atomic E-state index is 0.0629. The van der Waals surface area contributed by atoms with E-state index in [2.05, 4.69) is 72.8 Å². The van der Waals surface area contributed by atoms with Crippen molar-refractivity contribution in [3.05, 3.63) is 35.5 Å². The molecule has 2 heteroatoms. The van der Waals surface area contributed by atoms with Crippen LogP contribution < -0.4 is 0 Å². The van der Waals surface area contributed by atoms with Gasteiger partial charge in [-0.15, -0.1) is 0 Å². The van der Waals surface area contributed by atoms with Gasteiger partial charge in [0.05, 0.1) is 5.41 Å². The summed E-state index contributed by atoms with van der Waals surface area (Å²) >= 11 is 0. The lowest BCUT2D eigenvalue weighted by Crippen LogP contribution is -2.61. The van der Waals surface area contributed by atoms with E-state index in [0.717, 1.165) is 32.1 Å². The Balaban J connectivity index is 1.70. The number of fused-ring (bicyclic) bond motifs is 6. The highest BCUT2D eigenvalue weighted by Crippen LogP contribution is 2.73. The summed E-state index contributed by atoms with van der Waals surface area (Å²) < 4.78 is 0. The molecule has 0 spiro atoms. The van der Waals surface area contributed by atoms with Crippen molar-refractivity contribution >= 4 is 5.97 Å². The maximum Gasteiger partial charge on any atom is 0.313 e. The Kier molecular flexibility index (Phi) is 4.51. The second-order valence-corrected chi connectivity index (χ2v) is 14.2. The van der Waals surface area contributed by atoms with Gasteiger partial charge in [-0.25, -0.2) is 0 Å². The first kappa shape index (κ1) is 22.5. The summed E-state index contributed by atoms with van der Waals surface area (Å²) in [7, 11) is 0. The molecule has 176 valence electrons. The Labute approximate surface area is 195 Å². The lowest BCUT2D eigenvalue weighted by atomic mass is 9.36. The Morgan fingerprint density at radius 1 is 0.969 bits per heavy atom. The number of rotatable bonds is 1. The number of hydrogen-bond donors (Lipinski definition) is 1. The smallest absolute Gasteiger partial charge is 0.313 e. The van der Waals surface area contributed by atoms with Crippen LogP contribution in [-0.2, 0) is 4.79 Å². The SMILES string of the molecule is CC1(C)CC[C@]2(C(=O)O)CC[C@]3(C)C(=C2C1)C=CC1[C@@]2(C)CC=CC(C)(C)C2CC[C@]13C. The Morgan fingerprint density at radius 2 is 1.66 bits per heavy atom. The molecule has 0 bridgehead atoms. The van der Waals surface area contributed by atoms with Gasteiger partial charge in [-0.05, 0) is 101 Å². The Hall–Kier alpha value is -1.31. The molecule has 2 unspecified atom stereocenters. The summed E-state index contributed by atoms with van der Waals surface area (Å²) in [4.78, 5) is 12.7. The van der Waals surface area contributed by atoms with Gasteiger partial charge in [-0.2, -0.15) is 0 Å². The topological polar surface area (TPSA) is 37.3 Å². The second kappa shape index (κ2) is 6.42. The van der Waals surface area contributed by atoms with Crippen molar-refractivity contribution in [2.75, 3.05) is 0 Å². The molecule has 6 atom stereocenters. The zero-order valence-electron chi connectivity index (χ0n) is 21.5. The van der Waals surface area contributed by atoms with Gasteiger partial charge in [0.15, 0.2) is 0 Å². The third-order valence-corrected chi connectivity index (χ3v) is 11.7. The molecule has 0 aromatic rings. The number of carboxylic acids is 1. The minimum Gasteiger partial charge on any atom is -0.481 e. The standard InChI is InChI=1S/C30H44O2/c1-25(2)15-17-30(24(31)32)18-16-28(6)20(21(30)19-25)9-10-23-27(5)13-8-12-26(3,4)22(27)11-14-29(23,28)7/h8-10,12,22-23H,11,13-19H2,1-7H3,(H,31,32)/t22?,23?,27-,28+,29+,30-/m0/s1. The summed E-state index contributed by atoms with van der Waals surface area (Å²) in [5.74, 6) is 0.671. The van der Waals surface area contributed by atoms with Crippen molar-refractivity contribution in [2.45, 2.75) is 99.8 Å². The second-order valence-electron chi connectivity index (χ2n) is 14.2. The van der Waals surface area contributed by atoms with Crippen molar-refractivity contribution in [2.24, 2.45) is 44.3 Å². The fourth-order valence-corrected chi connectivity index (χ4v) is 9.56. The molecule has 2 nitrogen and oxygen atoms in total. The van der Waals surface area contributed by atoms with Gasteiger partial charge in [0.25, 0.3) is 0 Å². The van der Waals surface area contributed by atoms with E-state index < -0.39 is 11.4 Å². The third kappa shape index (κ3) is 2.62. The van der Waals surface area contributed by atoms with E-state index >= 15 is 0 Å². The van der Waals surface area contributed by atoms with Crippen LogP contribution in [0, 0.1) is 44.3 Å². The molecule has 0 aromatic carbocycles. The van der Waals surface area contributed by atoms with Crippen LogP contribution in [0.1, 0.15) is 99.8 Å². The van der Waals surface area contributed by atoms with Crippen LogP contribution in [0.25, 0.3) is 0 Å². The number of allylic oxidation sites excluding steroid dienone is 5. The minimum atomic E-state index is -0.630. The van der Waals surface area contributed by atoms with Crippen LogP contribution in [0.2, 0.25) is 0 Å². The number of carboxylic acid groups (broad SMARTS) is 1. The van der Waals surface area contributed by atoms with E-state index in [0.29, 0.717) is 11.8 Å². The summed E-state index contributed by atoms with van der Waals surface area (Å²) in [5.41, 5.74) is 3.01. The fourth-order valence-electron chi connectivity index (χ4n) is 9.56. The lowest BCUT2D eigenvalue weighted by molar-refractivity contribution is -0.154. The first-order valence-corrected chi connectivity index (χ1v) is 13.1. The summed E-state index contributed by atoms with van der Waals surface area (Å²) in [6, 6.07) is 0. The van der Waals surface area contributed by atoms with Crippen molar-refractivity contribution in [3.8, 4) is 0 Å². The van der Waals surface area contributed by atoms with E-state index in [1.165, 1.54) is 30.4 Å². The number of carbonyl (C=O) groups is 1. The van der Waals surface area contributed by atoms with E-state index in [-0.39, 0.29) is 27.1 Å². The summed E-state index contributed by atoms with van der Waals surface area (Å²) in [6.07, 6.45) is 18.2. The molecule has 5 aliphatic carbocycles. The number of aliphatic carboxylic acids is 1. The van der Waals surface area contributed by atoms with Gasteiger partial charge in [-0.3, -0.25) is 4.79 Å². The molecule has 0 radical (unpaired) electrons. The zero-order valence-corrected chi connectivity index (χ0v) is 21.5. The van der Waals surface area contributed by atoms with Gasteiger partial charge < -0.3 is 5.11 Å². The van der Waals surface area contributed by atoms with Gasteiger partial charge in [0.1, 0.15) is 0 Å². The van der Waals surface area contributed by atoms with Crippen LogP contribution in [0.5, 0.6) is 0 Å². The van der Waals surface area contributed by atoms with Gasteiger partial charge >= 0.3 is 5.97 Å². The molecule has 0 heterocycles. The molecular formula is C30H44O2. The average Bonchev–Trinajstić information content (AvgIpc) is 2.67. The molecule has 5 aliphatic rings. The van der Waals surface area contributed by atoms with Crippen LogP contribution >= 0.6 is 0 Å². The lowest BCUT2D eigenvalue weighted by Gasteiger charge is -2.68. The normalized spacial score (nSPS) is 48.3. The highest BCUT2D eigenvalue weighted by molar-refractivity contribution is 5.80. The van der Waals surface area contributed by atoms with Crippen LogP contribution in [0.3, 0.4) is 0 Å². The largest absolute Gasteiger partial charge is 0.481 e. The molecular weight excluding hydrogens is 392 g/mol. The number of hydrogen-bond acceptors (Lipinski definition) is 1. The van der Waals surface area contributed by atoms with E-state index in [1.54, 1.807) is 0 Å². The molecule has 32 heavy (non-hydrogen) atoms. The summed E-state index contributed by atoms with van der Waals surface area (Å²) in [5, 5.41) is 10.5. The van der Waals surface area contributed by atoms with Gasteiger partial charge in [-0.1, -0.05) is 72.8 Å². The molecule has 2 saturated carbocycles. The van der Waals surface area contributed by atoms with Crippen LogP contribution in [0.15, 0.2) is 35.5 Å². The molecule has 0 amide bonds. The Bertz CT molecular complexity index is 948.